The molecule has 0 radical (unpaired) electrons. The molecular weight excluding hydrogens is 547 g/mol. The number of rotatable bonds is 7. The van der Waals surface area contributed by atoms with E-state index < -0.39 is 11.7 Å². The van der Waals surface area contributed by atoms with Gasteiger partial charge in [0.05, 0.1) is 5.56 Å². The third-order valence-corrected chi connectivity index (χ3v) is 7.88. The molecule has 8 nitrogen and oxygen atoms in total. The van der Waals surface area contributed by atoms with Crippen molar-refractivity contribution in [2.45, 2.75) is 38.9 Å². The van der Waals surface area contributed by atoms with Crippen molar-refractivity contribution in [2.24, 2.45) is 5.92 Å². The maximum atomic E-state index is 14.0. The molecule has 2 aliphatic heterocycles. The van der Waals surface area contributed by atoms with E-state index in [0.29, 0.717) is 56.2 Å². The first kappa shape index (κ1) is 29.7. The molecular formula is C31H36F3N5O3. The molecule has 11 heteroatoms. The van der Waals surface area contributed by atoms with Gasteiger partial charge in [0, 0.05) is 63.9 Å². The number of carbonyl (C=O) groups is 2. The summed E-state index contributed by atoms with van der Waals surface area (Å²) >= 11 is 0. The van der Waals surface area contributed by atoms with Crippen LogP contribution in [-0.2, 0) is 35.2 Å². The minimum absolute atomic E-state index is 0.150. The molecule has 224 valence electrons. The molecule has 1 saturated heterocycles. The van der Waals surface area contributed by atoms with Crippen LogP contribution in [0.2, 0.25) is 0 Å². The average molecular weight is 584 g/mol. The number of nitrogens with zero attached hydrogens (tertiary/aromatic N) is 2. The number of hydrogen-bond donors (Lipinski definition) is 3. The summed E-state index contributed by atoms with van der Waals surface area (Å²) in [4.78, 5) is 28.7. The number of benzene rings is 2. The van der Waals surface area contributed by atoms with Crippen LogP contribution in [0.4, 0.5) is 18.9 Å². The Morgan fingerprint density at radius 1 is 1.05 bits per heavy atom. The minimum atomic E-state index is -4.52. The summed E-state index contributed by atoms with van der Waals surface area (Å²) in [6.45, 7) is 5.22. The number of ether oxygens (including phenoxy) is 1. The first-order chi connectivity index (χ1) is 20.0. The molecule has 42 heavy (non-hydrogen) atoms. The second-order valence-electron chi connectivity index (χ2n) is 11.1. The van der Waals surface area contributed by atoms with E-state index in [1.165, 1.54) is 13.0 Å². The van der Waals surface area contributed by atoms with Gasteiger partial charge in [-0.1, -0.05) is 12.1 Å². The molecule has 5 rings (SSSR count). The number of allylic oxidation sites excluding steroid dienone is 1. The lowest BCUT2D eigenvalue weighted by Gasteiger charge is -2.33. The standard InChI is InChI=1S/C31H36F3N5O3/c1-20(40)36-29-18-27(9-10-35-29)42-26-8-6-21-3-4-22(15-24(21)16-26)30(41)37-25-7-5-23(28(17-25)31(32,33)34)19-39-13-11-38(2)12-14-39/h5-9,16-18,22,35H,3-4,10-15,19H2,1-2H3,(H,36,40)(H,37,41). The third kappa shape index (κ3) is 7.51. The van der Waals surface area contributed by atoms with Gasteiger partial charge in [0.2, 0.25) is 11.8 Å². The van der Waals surface area contributed by atoms with Crippen molar-refractivity contribution < 1.29 is 27.5 Å². The Labute approximate surface area is 243 Å². The van der Waals surface area contributed by atoms with Crippen LogP contribution in [0.1, 0.15) is 35.6 Å². The highest BCUT2D eigenvalue weighted by Gasteiger charge is 2.35. The lowest BCUT2D eigenvalue weighted by atomic mass is 9.83. The monoisotopic (exact) mass is 583 g/mol. The molecule has 2 heterocycles. The first-order valence-electron chi connectivity index (χ1n) is 14.2. The Hall–Kier alpha value is -3.83. The molecule has 2 amide bonds. The van der Waals surface area contributed by atoms with Gasteiger partial charge < -0.3 is 25.6 Å². The van der Waals surface area contributed by atoms with Crippen molar-refractivity contribution >= 4 is 17.5 Å². The van der Waals surface area contributed by atoms with Gasteiger partial charge in [-0.05, 0) is 73.3 Å². The number of aryl methyl sites for hydroxylation is 1. The van der Waals surface area contributed by atoms with Crippen LogP contribution in [0.5, 0.6) is 5.75 Å². The van der Waals surface area contributed by atoms with Gasteiger partial charge in [0.25, 0.3) is 0 Å². The molecule has 0 aromatic heterocycles. The predicted octanol–water partition coefficient (Wildman–Crippen LogP) is 4.04. The molecule has 0 bridgehead atoms. The van der Waals surface area contributed by atoms with Crippen LogP contribution in [-0.4, -0.2) is 61.4 Å². The van der Waals surface area contributed by atoms with E-state index in [1.54, 1.807) is 12.1 Å². The predicted molar refractivity (Wildman–Crippen MR) is 153 cm³/mol. The van der Waals surface area contributed by atoms with E-state index in [2.05, 4.69) is 20.9 Å². The number of fused-ring (bicyclic) bond motifs is 1. The Balaban J connectivity index is 1.24. The molecule has 1 aliphatic carbocycles. The number of dihydropyridines is 1. The van der Waals surface area contributed by atoms with Crippen LogP contribution in [0, 0.1) is 5.92 Å². The van der Waals surface area contributed by atoms with E-state index in [-0.39, 0.29) is 35.5 Å². The topological polar surface area (TPSA) is 85.9 Å². The van der Waals surface area contributed by atoms with Gasteiger partial charge in [0.15, 0.2) is 0 Å². The number of amides is 2. The van der Waals surface area contributed by atoms with Crippen LogP contribution in [0.3, 0.4) is 0 Å². The Morgan fingerprint density at radius 2 is 1.83 bits per heavy atom. The van der Waals surface area contributed by atoms with Gasteiger partial charge >= 0.3 is 6.18 Å². The van der Waals surface area contributed by atoms with Crippen molar-refractivity contribution in [1.29, 1.82) is 0 Å². The normalized spacial score (nSPS) is 19.6. The summed E-state index contributed by atoms with van der Waals surface area (Å²) in [5, 5.41) is 8.49. The van der Waals surface area contributed by atoms with E-state index in [9.17, 15) is 22.8 Å². The van der Waals surface area contributed by atoms with E-state index in [1.807, 2.05) is 36.2 Å². The molecule has 1 fully saturated rings. The van der Waals surface area contributed by atoms with Crippen LogP contribution >= 0.6 is 0 Å². The minimum Gasteiger partial charge on any atom is -0.457 e. The lowest BCUT2D eigenvalue weighted by molar-refractivity contribution is -0.138. The Kier molecular flexibility index (Phi) is 8.88. The van der Waals surface area contributed by atoms with Crippen molar-refractivity contribution in [1.82, 2.24) is 20.4 Å². The number of halogens is 3. The molecule has 2 aromatic rings. The highest BCUT2D eigenvalue weighted by atomic mass is 19.4. The second-order valence-corrected chi connectivity index (χ2v) is 11.1. The number of carbonyl (C=O) groups excluding carboxylic acids is 2. The summed E-state index contributed by atoms with van der Waals surface area (Å²) < 4.78 is 48.0. The lowest BCUT2D eigenvalue weighted by Crippen LogP contribution is -2.44. The number of hydrogen-bond acceptors (Lipinski definition) is 6. The molecule has 3 N–H and O–H groups in total. The number of piperazine rings is 1. The number of alkyl halides is 3. The third-order valence-electron chi connectivity index (χ3n) is 7.88. The average Bonchev–Trinajstić information content (AvgIpc) is 2.94. The maximum absolute atomic E-state index is 14.0. The zero-order chi connectivity index (χ0) is 29.9. The maximum Gasteiger partial charge on any atom is 0.416 e. The van der Waals surface area contributed by atoms with Crippen molar-refractivity contribution in [3.63, 3.8) is 0 Å². The Bertz CT molecular complexity index is 1400. The second kappa shape index (κ2) is 12.6. The summed E-state index contributed by atoms with van der Waals surface area (Å²) in [6.07, 6.45) is 0.778. The van der Waals surface area contributed by atoms with Crippen LogP contribution in [0.15, 0.2) is 60.1 Å². The summed E-state index contributed by atoms with van der Waals surface area (Å²) in [6, 6.07) is 9.86. The van der Waals surface area contributed by atoms with Gasteiger partial charge in [-0.3, -0.25) is 14.5 Å². The van der Waals surface area contributed by atoms with E-state index >= 15 is 0 Å². The zero-order valence-electron chi connectivity index (χ0n) is 23.8. The summed E-state index contributed by atoms with van der Waals surface area (Å²) in [5.41, 5.74) is 1.74. The first-order valence-corrected chi connectivity index (χ1v) is 14.2. The van der Waals surface area contributed by atoms with Crippen molar-refractivity contribution in [3.05, 3.63) is 82.4 Å². The largest absolute Gasteiger partial charge is 0.457 e. The molecule has 3 aliphatic rings. The molecule has 1 unspecified atom stereocenters. The van der Waals surface area contributed by atoms with Crippen LogP contribution in [0.25, 0.3) is 0 Å². The quantitative estimate of drug-likeness (QED) is 0.457. The highest BCUT2D eigenvalue weighted by Crippen LogP contribution is 2.35. The molecule has 2 aromatic carbocycles. The van der Waals surface area contributed by atoms with Gasteiger partial charge in [0.1, 0.15) is 17.3 Å². The van der Waals surface area contributed by atoms with E-state index in [0.717, 1.165) is 30.3 Å². The fraction of sp³-hybridized carbons (Fsp3) is 0.419. The van der Waals surface area contributed by atoms with Gasteiger partial charge in [-0.15, -0.1) is 0 Å². The number of likely N-dealkylation sites (N-methyl/N-ethyl adjacent to an activating group) is 1. The van der Waals surface area contributed by atoms with Gasteiger partial charge in [-0.25, -0.2) is 0 Å². The summed E-state index contributed by atoms with van der Waals surface area (Å²) in [7, 11) is 2.00. The zero-order valence-corrected chi connectivity index (χ0v) is 23.8. The summed E-state index contributed by atoms with van der Waals surface area (Å²) in [5.74, 6) is 0.874. The van der Waals surface area contributed by atoms with Gasteiger partial charge in [-0.2, -0.15) is 13.2 Å². The fourth-order valence-electron chi connectivity index (χ4n) is 5.56. The van der Waals surface area contributed by atoms with Crippen LogP contribution < -0.4 is 20.7 Å². The smallest absolute Gasteiger partial charge is 0.416 e. The van der Waals surface area contributed by atoms with Crippen molar-refractivity contribution in [3.8, 4) is 5.75 Å². The molecule has 1 atom stereocenters. The molecule has 0 saturated carbocycles. The number of anilines is 1. The number of nitrogens with one attached hydrogen (secondary N) is 3. The highest BCUT2D eigenvalue weighted by molar-refractivity contribution is 5.93. The van der Waals surface area contributed by atoms with E-state index in [4.69, 9.17) is 4.74 Å². The fourth-order valence-corrected chi connectivity index (χ4v) is 5.56. The SMILES string of the molecule is CC(=O)NC1=CC(Oc2ccc3c(c2)CC(C(=O)Nc2ccc(CN4CCN(C)CC4)c(C(F)(F)F)c2)CC3)=CCN1. The van der Waals surface area contributed by atoms with Crippen molar-refractivity contribution in [2.75, 3.05) is 45.1 Å². The molecule has 0 spiro atoms. The Morgan fingerprint density at radius 3 is 2.57 bits per heavy atom.